The molecule has 2 aliphatic carbocycles. The van der Waals surface area contributed by atoms with E-state index in [0.29, 0.717) is 11.3 Å². The number of benzene rings is 1. The van der Waals surface area contributed by atoms with Gasteiger partial charge in [0, 0.05) is 16.1 Å². The molecule has 3 unspecified atom stereocenters. The topological polar surface area (TPSA) is 29.1 Å². The van der Waals surface area contributed by atoms with Crippen molar-refractivity contribution < 1.29 is 4.79 Å². The largest absolute Gasteiger partial charge is 0.326 e. The van der Waals surface area contributed by atoms with Crippen LogP contribution in [0.25, 0.3) is 0 Å². The van der Waals surface area contributed by atoms with E-state index in [0.717, 1.165) is 22.5 Å². The number of hydrogen-bond donors (Lipinski definition) is 1. The Kier molecular flexibility index (Phi) is 3.20. The highest BCUT2D eigenvalue weighted by Crippen LogP contribution is 2.60. The molecule has 2 fully saturated rings. The van der Waals surface area contributed by atoms with Crippen molar-refractivity contribution in [1.29, 1.82) is 0 Å². The van der Waals surface area contributed by atoms with Crippen LogP contribution >= 0.6 is 15.9 Å². The Balaban J connectivity index is 1.71. The number of carbonyl (C=O) groups excluding carboxylic acids is 1. The van der Waals surface area contributed by atoms with E-state index in [1.165, 1.54) is 12.8 Å². The summed E-state index contributed by atoms with van der Waals surface area (Å²) in [6.45, 7) is 4.67. The first-order valence-electron chi connectivity index (χ1n) is 7.05. The Morgan fingerprint density at radius 3 is 2.47 bits per heavy atom. The van der Waals surface area contributed by atoms with Gasteiger partial charge in [-0.2, -0.15) is 0 Å². The third kappa shape index (κ3) is 2.22. The molecule has 2 aliphatic rings. The number of rotatable bonds is 2. The molecular formula is C16H20BrNO. The van der Waals surface area contributed by atoms with Crippen molar-refractivity contribution in [3.05, 3.63) is 28.7 Å². The lowest BCUT2D eigenvalue weighted by molar-refractivity contribution is -0.121. The van der Waals surface area contributed by atoms with E-state index in [1.807, 2.05) is 24.3 Å². The maximum atomic E-state index is 12.5. The molecule has 3 heteroatoms. The van der Waals surface area contributed by atoms with Crippen molar-refractivity contribution in [2.45, 2.75) is 33.1 Å². The van der Waals surface area contributed by atoms with Crippen molar-refractivity contribution >= 4 is 27.5 Å². The van der Waals surface area contributed by atoms with Crippen molar-refractivity contribution in [1.82, 2.24) is 0 Å². The molecule has 0 saturated heterocycles. The van der Waals surface area contributed by atoms with Crippen LogP contribution in [0.5, 0.6) is 0 Å². The number of nitrogens with one attached hydrogen (secondary N) is 1. The molecule has 0 spiro atoms. The zero-order chi connectivity index (χ0) is 13.6. The Labute approximate surface area is 123 Å². The molecule has 102 valence electrons. The van der Waals surface area contributed by atoms with Gasteiger partial charge in [0.1, 0.15) is 0 Å². The second kappa shape index (κ2) is 4.62. The van der Waals surface area contributed by atoms with Crippen molar-refractivity contribution in [3.8, 4) is 0 Å². The first-order valence-corrected chi connectivity index (χ1v) is 7.84. The van der Waals surface area contributed by atoms with Crippen molar-refractivity contribution in [3.63, 3.8) is 0 Å². The average Bonchev–Trinajstić information content (AvgIpc) is 2.81. The van der Waals surface area contributed by atoms with E-state index in [2.05, 4.69) is 35.1 Å². The Morgan fingerprint density at radius 2 is 1.95 bits per heavy atom. The van der Waals surface area contributed by atoms with Gasteiger partial charge < -0.3 is 5.32 Å². The second-order valence-electron chi connectivity index (χ2n) is 6.54. The van der Waals surface area contributed by atoms with Crippen LogP contribution in [0.15, 0.2) is 28.7 Å². The van der Waals surface area contributed by atoms with Gasteiger partial charge in [-0.15, -0.1) is 0 Å². The first-order chi connectivity index (χ1) is 8.98. The van der Waals surface area contributed by atoms with Gasteiger partial charge in [0.25, 0.3) is 0 Å². The summed E-state index contributed by atoms with van der Waals surface area (Å²) in [7, 11) is 0. The second-order valence-corrected chi connectivity index (χ2v) is 7.46. The van der Waals surface area contributed by atoms with Gasteiger partial charge in [-0.3, -0.25) is 4.79 Å². The van der Waals surface area contributed by atoms with E-state index in [1.54, 1.807) is 0 Å². The van der Waals surface area contributed by atoms with Gasteiger partial charge >= 0.3 is 0 Å². The molecule has 1 N–H and O–H groups in total. The molecule has 2 bridgehead atoms. The number of anilines is 1. The Morgan fingerprint density at radius 1 is 1.26 bits per heavy atom. The van der Waals surface area contributed by atoms with Gasteiger partial charge in [-0.05, 0) is 60.8 Å². The van der Waals surface area contributed by atoms with Crippen LogP contribution in [0.2, 0.25) is 0 Å². The number of fused-ring (bicyclic) bond motifs is 2. The molecule has 1 aromatic carbocycles. The van der Waals surface area contributed by atoms with Gasteiger partial charge in [-0.1, -0.05) is 29.8 Å². The zero-order valence-electron chi connectivity index (χ0n) is 11.4. The minimum Gasteiger partial charge on any atom is -0.326 e. The summed E-state index contributed by atoms with van der Waals surface area (Å²) >= 11 is 3.41. The van der Waals surface area contributed by atoms with E-state index in [-0.39, 0.29) is 11.8 Å². The van der Waals surface area contributed by atoms with Gasteiger partial charge in [0.15, 0.2) is 0 Å². The number of hydrogen-bond acceptors (Lipinski definition) is 1. The number of amides is 1. The lowest BCUT2D eigenvalue weighted by Gasteiger charge is -2.26. The van der Waals surface area contributed by atoms with Crippen LogP contribution in [0.3, 0.4) is 0 Å². The lowest BCUT2D eigenvalue weighted by atomic mass is 9.80. The molecule has 0 aromatic heterocycles. The monoisotopic (exact) mass is 321 g/mol. The number of carbonyl (C=O) groups is 1. The third-order valence-electron chi connectivity index (χ3n) is 5.31. The molecule has 3 atom stereocenters. The van der Waals surface area contributed by atoms with Crippen molar-refractivity contribution in [2.75, 3.05) is 5.32 Å². The molecule has 2 saturated carbocycles. The van der Waals surface area contributed by atoms with E-state index >= 15 is 0 Å². The standard InChI is InChI=1S/C16H20BrNO/c1-16(2)10-3-8-14(16)13(9-10)15(19)18-12-6-4-11(17)5-7-12/h4-7,10,13-14H,3,8-9H2,1-2H3,(H,18,19). The van der Waals surface area contributed by atoms with Crippen LogP contribution < -0.4 is 5.32 Å². The predicted octanol–water partition coefficient (Wildman–Crippen LogP) is 4.46. The smallest absolute Gasteiger partial charge is 0.227 e. The fourth-order valence-corrected chi connectivity index (χ4v) is 4.36. The summed E-state index contributed by atoms with van der Waals surface area (Å²) in [5.41, 5.74) is 1.25. The summed E-state index contributed by atoms with van der Waals surface area (Å²) in [5.74, 6) is 1.71. The minimum atomic E-state index is 0.206. The van der Waals surface area contributed by atoms with Gasteiger partial charge in [-0.25, -0.2) is 0 Å². The summed E-state index contributed by atoms with van der Waals surface area (Å²) in [5, 5.41) is 3.07. The molecule has 3 rings (SSSR count). The highest BCUT2D eigenvalue weighted by molar-refractivity contribution is 9.10. The molecule has 0 radical (unpaired) electrons. The molecule has 2 nitrogen and oxygen atoms in total. The molecule has 0 aliphatic heterocycles. The fraction of sp³-hybridized carbons (Fsp3) is 0.562. The molecule has 1 amide bonds. The molecular weight excluding hydrogens is 302 g/mol. The van der Waals surface area contributed by atoms with Crippen molar-refractivity contribution in [2.24, 2.45) is 23.2 Å². The third-order valence-corrected chi connectivity index (χ3v) is 5.84. The SMILES string of the molecule is CC1(C)C2CCC1C(C(=O)Nc1ccc(Br)cc1)C2. The zero-order valence-corrected chi connectivity index (χ0v) is 13.0. The van der Waals surface area contributed by atoms with Gasteiger partial charge in [0.05, 0.1) is 0 Å². The lowest BCUT2D eigenvalue weighted by Crippen LogP contribution is -2.29. The average molecular weight is 322 g/mol. The van der Waals surface area contributed by atoms with E-state index in [4.69, 9.17) is 0 Å². The van der Waals surface area contributed by atoms with E-state index in [9.17, 15) is 4.79 Å². The number of halogens is 1. The molecule has 1 aromatic rings. The highest BCUT2D eigenvalue weighted by Gasteiger charge is 2.55. The summed E-state index contributed by atoms with van der Waals surface area (Å²) < 4.78 is 1.03. The fourth-order valence-electron chi connectivity index (χ4n) is 4.10. The van der Waals surface area contributed by atoms with E-state index < -0.39 is 0 Å². The van der Waals surface area contributed by atoms with Gasteiger partial charge in [0.2, 0.25) is 5.91 Å². The van der Waals surface area contributed by atoms with Crippen LogP contribution in [0.4, 0.5) is 5.69 Å². The van der Waals surface area contributed by atoms with Crippen LogP contribution in [-0.4, -0.2) is 5.91 Å². The molecule has 0 heterocycles. The normalized spacial score (nSPS) is 31.4. The molecule has 19 heavy (non-hydrogen) atoms. The maximum absolute atomic E-state index is 12.5. The Hall–Kier alpha value is -0.830. The summed E-state index contributed by atoms with van der Waals surface area (Å²) in [4.78, 5) is 12.5. The minimum absolute atomic E-state index is 0.206. The van der Waals surface area contributed by atoms with Crippen LogP contribution in [0, 0.1) is 23.2 Å². The first kappa shape index (κ1) is 13.2. The summed E-state index contributed by atoms with van der Waals surface area (Å²) in [6, 6.07) is 7.81. The summed E-state index contributed by atoms with van der Waals surface area (Å²) in [6.07, 6.45) is 3.59. The highest BCUT2D eigenvalue weighted by atomic mass is 79.9. The maximum Gasteiger partial charge on any atom is 0.227 e. The predicted molar refractivity (Wildman–Crippen MR) is 80.9 cm³/mol. The Bertz CT molecular complexity index is 494. The quantitative estimate of drug-likeness (QED) is 0.856. The van der Waals surface area contributed by atoms with Crippen LogP contribution in [-0.2, 0) is 4.79 Å². The van der Waals surface area contributed by atoms with Crippen LogP contribution in [0.1, 0.15) is 33.1 Å².